The maximum Gasteiger partial charge on any atom is 0.237 e. The Morgan fingerprint density at radius 1 is 1.25 bits per heavy atom. The average molecular weight is 276 g/mol. The fourth-order valence-electron chi connectivity index (χ4n) is 2.75. The highest BCUT2D eigenvalue weighted by atomic mass is 16.3. The van der Waals surface area contributed by atoms with Crippen LogP contribution in [0.5, 0.6) is 0 Å². The number of hydrogen-bond acceptors (Lipinski definition) is 3. The van der Waals surface area contributed by atoms with E-state index in [2.05, 4.69) is 11.8 Å². The zero-order chi connectivity index (χ0) is 14.1. The van der Waals surface area contributed by atoms with E-state index in [0.29, 0.717) is 25.2 Å². The van der Waals surface area contributed by atoms with Crippen LogP contribution in [0, 0.1) is 6.92 Å². The van der Waals surface area contributed by atoms with E-state index >= 15 is 0 Å². The summed E-state index contributed by atoms with van der Waals surface area (Å²) in [6.07, 6.45) is 4.78. The maximum atomic E-state index is 12.6. The number of amides is 1. The smallest absolute Gasteiger partial charge is 0.237 e. The first-order valence-electron chi connectivity index (χ1n) is 7.76. The predicted molar refractivity (Wildman–Crippen MR) is 77.3 cm³/mol. The number of furan rings is 1. The topological polar surface area (TPSA) is 36.7 Å². The van der Waals surface area contributed by atoms with Crippen molar-refractivity contribution in [3.8, 4) is 0 Å². The molecule has 2 fully saturated rings. The molecule has 0 spiro atoms. The number of carbonyl (C=O) groups is 1. The summed E-state index contributed by atoms with van der Waals surface area (Å²) in [5.41, 5.74) is 0. The molecule has 0 aliphatic heterocycles. The fourth-order valence-corrected chi connectivity index (χ4v) is 2.75. The summed E-state index contributed by atoms with van der Waals surface area (Å²) in [7, 11) is 0. The largest absolute Gasteiger partial charge is 0.464 e. The highest BCUT2D eigenvalue weighted by Gasteiger charge is 2.36. The second-order valence-electron chi connectivity index (χ2n) is 6.06. The summed E-state index contributed by atoms with van der Waals surface area (Å²) in [6.45, 7) is 6.24. The van der Waals surface area contributed by atoms with Crippen LogP contribution in [0.3, 0.4) is 0 Å². The molecular weight excluding hydrogens is 252 g/mol. The molecule has 1 aromatic heterocycles. The molecule has 3 rings (SSSR count). The Morgan fingerprint density at radius 3 is 2.45 bits per heavy atom. The first-order chi connectivity index (χ1) is 9.67. The average Bonchev–Trinajstić information content (AvgIpc) is 3.32. The maximum absolute atomic E-state index is 12.6. The van der Waals surface area contributed by atoms with Crippen LogP contribution in [0.25, 0.3) is 0 Å². The number of carbonyl (C=O) groups excluding carboxylic acids is 1. The molecule has 0 bridgehead atoms. The van der Waals surface area contributed by atoms with Crippen LogP contribution in [0.4, 0.5) is 0 Å². The van der Waals surface area contributed by atoms with E-state index < -0.39 is 0 Å². The first-order valence-corrected chi connectivity index (χ1v) is 7.76. The van der Waals surface area contributed by atoms with Crippen molar-refractivity contribution in [1.82, 2.24) is 9.80 Å². The molecule has 110 valence electrons. The molecule has 2 aliphatic rings. The molecular formula is C16H24N2O2. The van der Waals surface area contributed by atoms with Crippen LogP contribution < -0.4 is 0 Å². The normalized spacial score (nSPS) is 18.6. The van der Waals surface area contributed by atoms with Gasteiger partial charge in [0, 0.05) is 12.1 Å². The third-order valence-electron chi connectivity index (χ3n) is 4.24. The summed E-state index contributed by atoms with van der Waals surface area (Å²) in [6, 6.07) is 5.03. The molecule has 0 N–H and O–H groups in total. The monoisotopic (exact) mass is 276 g/mol. The van der Waals surface area contributed by atoms with Crippen LogP contribution in [0.1, 0.15) is 44.1 Å². The Hall–Kier alpha value is -1.29. The van der Waals surface area contributed by atoms with Crippen molar-refractivity contribution in [2.24, 2.45) is 0 Å². The number of likely N-dealkylation sites (N-methyl/N-ethyl adjacent to an activating group) is 1. The van der Waals surface area contributed by atoms with Gasteiger partial charge in [0.1, 0.15) is 11.5 Å². The lowest BCUT2D eigenvalue weighted by Gasteiger charge is -2.26. The molecule has 0 unspecified atom stereocenters. The molecule has 1 aromatic rings. The summed E-state index contributed by atoms with van der Waals surface area (Å²) in [5, 5.41) is 0. The zero-order valence-electron chi connectivity index (χ0n) is 12.5. The molecule has 2 aliphatic carbocycles. The minimum Gasteiger partial charge on any atom is -0.464 e. The van der Waals surface area contributed by atoms with Gasteiger partial charge in [0.15, 0.2) is 0 Å². The zero-order valence-corrected chi connectivity index (χ0v) is 12.5. The standard InChI is InChI=1S/C16H24N2O2/c1-3-17(13-5-6-13)11-16(19)18(14-7-8-14)10-15-9-4-12(2)20-15/h4,9,13-14H,3,5-8,10-11H2,1-2H3. The van der Waals surface area contributed by atoms with E-state index in [-0.39, 0.29) is 5.91 Å². The van der Waals surface area contributed by atoms with Crippen molar-refractivity contribution in [2.75, 3.05) is 13.1 Å². The van der Waals surface area contributed by atoms with E-state index in [1.54, 1.807) is 0 Å². The van der Waals surface area contributed by atoms with Gasteiger partial charge < -0.3 is 9.32 Å². The fraction of sp³-hybridized carbons (Fsp3) is 0.688. The minimum atomic E-state index is 0.260. The molecule has 4 nitrogen and oxygen atoms in total. The van der Waals surface area contributed by atoms with Crippen molar-refractivity contribution in [3.63, 3.8) is 0 Å². The molecule has 0 atom stereocenters. The van der Waals surface area contributed by atoms with E-state index in [0.717, 1.165) is 30.9 Å². The summed E-state index contributed by atoms with van der Waals surface area (Å²) in [5.74, 6) is 2.07. The molecule has 0 saturated heterocycles. The number of aryl methyl sites for hydroxylation is 1. The third kappa shape index (κ3) is 3.23. The van der Waals surface area contributed by atoms with Crippen LogP contribution in [-0.2, 0) is 11.3 Å². The second-order valence-corrected chi connectivity index (χ2v) is 6.06. The Morgan fingerprint density at radius 2 is 1.95 bits per heavy atom. The molecule has 2 saturated carbocycles. The number of nitrogens with zero attached hydrogens (tertiary/aromatic N) is 2. The van der Waals surface area contributed by atoms with Crippen molar-refractivity contribution in [3.05, 3.63) is 23.7 Å². The van der Waals surface area contributed by atoms with E-state index in [4.69, 9.17) is 4.42 Å². The Kier molecular flexibility index (Phi) is 3.83. The van der Waals surface area contributed by atoms with Gasteiger partial charge >= 0.3 is 0 Å². The Bertz CT molecular complexity index is 475. The quantitative estimate of drug-likeness (QED) is 0.768. The van der Waals surface area contributed by atoms with Crippen molar-refractivity contribution in [2.45, 2.75) is 58.2 Å². The van der Waals surface area contributed by atoms with Crippen LogP contribution in [-0.4, -0.2) is 40.9 Å². The lowest BCUT2D eigenvalue weighted by atomic mass is 10.3. The van der Waals surface area contributed by atoms with Crippen LogP contribution in [0.15, 0.2) is 16.5 Å². The highest BCUT2D eigenvalue weighted by Crippen LogP contribution is 2.30. The summed E-state index contributed by atoms with van der Waals surface area (Å²) in [4.78, 5) is 16.9. The highest BCUT2D eigenvalue weighted by molar-refractivity contribution is 5.79. The lowest BCUT2D eigenvalue weighted by molar-refractivity contribution is -0.134. The van der Waals surface area contributed by atoms with Crippen LogP contribution in [0.2, 0.25) is 0 Å². The molecule has 1 heterocycles. The summed E-state index contributed by atoms with van der Waals surface area (Å²) < 4.78 is 5.63. The van der Waals surface area contributed by atoms with Gasteiger partial charge in [-0.3, -0.25) is 9.69 Å². The third-order valence-corrected chi connectivity index (χ3v) is 4.24. The molecule has 0 aromatic carbocycles. The number of rotatable bonds is 7. The van der Waals surface area contributed by atoms with E-state index in [1.165, 1.54) is 12.8 Å². The van der Waals surface area contributed by atoms with Gasteiger partial charge in [0.25, 0.3) is 0 Å². The van der Waals surface area contributed by atoms with Crippen molar-refractivity contribution < 1.29 is 9.21 Å². The Balaban J connectivity index is 1.62. The SMILES string of the molecule is CCN(CC(=O)N(Cc1ccc(C)o1)C1CC1)C1CC1. The van der Waals surface area contributed by atoms with Gasteiger partial charge in [0.2, 0.25) is 5.91 Å². The molecule has 1 amide bonds. The predicted octanol–water partition coefficient (Wildman–Crippen LogP) is 2.56. The van der Waals surface area contributed by atoms with E-state index in [9.17, 15) is 4.79 Å². The van der Waals surface area contributed by atoms with Gasteiger partial charge in [-0.25, -0.2) is 0 Å². The second kappa shape index (κ2) is 5.60. The van der Waals surface area contributed by atoms with Gasteiger partial charge in [0.05, 0.1) is 13.1 Å². The first kappa shape index (κ1) is 13.7. The van der Waals surface area contributed by atoms with Crippen LogP contribution >= 0.6 is 0 Å². The molecule has 0 radical (unpaired) electrons. The van der Waals surface area contributed by atoms with Crippen molar-refractivity contribution in [1.29, 1.82) is 0 Å². The minimum absolute atomic E-state index is 0.260. The lowest BCUT2D eigenvalue weighted by Crippen LogP contribution is -2.41. The van der Waals surface area contributed by atoms with Gasteiger partial charge in [-0.15, -0.1) is 0 Å². The van der Waals surface area contributed by atoms with Gasteiger partial charge in [-0.1, -0.05) is 6.92 Å². The van der Waals surface area contributed by atoms with Crippen molar-refractivity contribution >= 4 is 5.91 Å². The van der Waals surface area contributed by atoms with Gasteiger partial charge in [-0.2, -0.15) is 0 Å². The molecule has 4 heteroatoms. The molecule has 20 heavy (non-hydrogen) atoms. The van der Waals surface area contributed by atoms with Gasteiger partial charge in [-0.05, 0) is 51.3 Å². The Labute approximate surface area is 120 Å². The summed E-state index contributed by atoms with van der Waals surface area (Å²) >= 11 is 0. The number of hydrogen-bond donors (Lipinski definition) is 0. The van der Waals surface area contributed by atoms with E-state index in [1.807, 2.05) is 24.0 Å².